The fraction of sp³-hybridized carbons (Fsp3) is 0.310. The van der Waals surface area contributed by atoms with Crippen molar-refractivity contribution in [2.45, 2.75) is 25.0 Å². The number of piperidine rings is 1. The minimum Gasteiger partial charge on any atom is -0.497 e. The zero-order valence-electron chi connectivity index (χ0n) is 24.4. The van der Waals surface area contributed by atoms with Gasteiger partial charge in [-0.3, -0.25) is 9.78 Å². The zero-order valence-corrected chi connectivity index (χ0v) is 25.1. The van der Waals surface area contributed by atoms with E-state index in [0.29, 0.717) is 11.6 Å². The quantitative estimate of drug-likeness (QED) is 0.171. The maximum atomic E-state index is 13.4. The largest absolute Gasteiger partial charge is 0.497 e. The molecule has 1 amide bonds. The van der Waals surface area contributed by atoms with Crippen LogP contribution in [0, 0.1) is 5.82 Å². The first-order valence-corrected chi connectivity index (χ1v) is 13.8. The first-order chi connectivity index (χ1) is 21.7. The van der Waals surface area contributed by atoms with Gasteiger partial charge in [-0.05, 0) is 74.0 Å². The summed E-state index contributed by atoms with van der Waals surface area (Å²) in [6.07, 6.45) is 2.77. The molecule has 1 fully saturated rings. The minimum atomic E-state index is -1.82. The summed E-state index contributed by atoms with van der Waals surface area (Å²) in [4.78, 5) is 55.2. The number of nitrogens with zero attached hydrogens (tertiary/aromatic N) is 2. The number of anilines is 1. The Morgan fingerprint density at radius 2 is 1.59 bits per heavy atom. The lowest BCUT2D eigenvalue weighted by Crippen LogP contribution is -2.45. The molecule has 1 aliphatic heterocycles. The van der Waals surface area contributed by atoms with E-state index in [-0.39, 0.29) is 24.2 Å². The highest BCUT2D eigenvalue weighted by Gasteiger charge is 2.23. The third-order valence-electron chi connectivity index (χ3n) is 6.48. The number of aliphatic carboxylic acids is 4. The van der Waals surface area contributed by atoms with Crippen molar-refractivity contribution in [3.8, 4) is 5.75 Å². The number of aliphatic hydroxyl groups excluding tert-OH is 1. The van der Waals surface area contributed by atoms with Gasteiger partial charge < -0.3 is 45.8 Å². The number of carboxylic acid groups (broad SMARTS) is 4. The van der Waals surface area contributed by atoms with Gasteiger partial charge in [0.15, 0.2) is 0 Å². The molecule has 2 aromatic carbocycles. The number of likely N-dealkylation sites (tertiary alicyclic amines) is 1. The Kier molecular flexibility index (Phi) is 14.7. The van der Waals surface area contributed by atoms with Crippen LogP contribution in [0.3, 0.4) is 0 Å². The average molecular weight is 667 g/mol. The smallest absolute Gasteiger partial charge is 0.414 e. The van der Waals surface area contributed by atoms with Crippen molar-refractivity contribution in [1.82, 2.24) is 15.2 Å². The fourth-order valence-electron chi connectivity index (χ4n) is 4.25. The second kappa shape index (κ2) is 18.2. The maximum Gasteiger partial charge on any atom is 0.414 e. The molecule has 0 aliphatic carbocycles. The van der Waals surface area contributed by atoms with Crippen molar-refractivity contribution in [3.05, 3.63) is 65.1 Å². The third kappa shape index (κ3) is 12.2. The molecule has 0 saturated carbocycles. The number of methoxy groups -OCH3 is 1. The van der Waals surface area contributed by atoms with Gasteiger partial charge in [0, 0.05) is 24.2 Å². The van der Waals surface area contributed by atoms with Gasteiger partial charge in [0.1, 0.15) is 11.6 Å². The molecule has 1 aliphatic rings. The molecule has 2 heterocycles. The number of hydrogen-bond donors (Lipinski definition) is 7. The Labute approximate surface area is 266 Å². The Balaban J connectivity index is 0.000000522. The average Bonchev–Trinajstić information content (AvgIpc) is 3.02. The number of aromatic nitrogens is 1. The topological polar surface area (TPSA) is 236 Å². The number of benzene rings is 2. The molecule has 1 atom stereocenters. The lowest BCUT2D eigenvalue weighted by molar-refractivity contribution is -0.159. The SMILES string of the molecule is COc1ccc2nccc([C@@H](O)CN3CCC(NCC(=O)Nc4cc(F)ccc4Cl)CC3)c2c1.O=C(O)C(=O)O.O=C(O)C(=O)O. The summed E-state index contributed by atoms with van der Waals surface area (Å²) in [6.45, 7) is 2.24. The zero-order chi connectivity index (χ0) is 34.4. The second-order valence-corrected chi connectivity index (χ2v) is 10.1. The number of aliphatic hydroxyl groups is 1. The van der Waals surface area contributed by atoms with Crippen LogP contribution < -0.4 is 15.4 Å². The number of fused-ring (bicyclic) bond motifs is 1. The van der Waals surface area contributed by atoms with Crippen molar-refractivity contribution >= 4 is 58.0 Å². The normalized spacial score (nSPS) is 13.7. The Hall–Kier alpha value is -4.90. The first kappa shape index (κ1) is 37.3. The van der Waals surface area contributed by atoms with Crippen molar-refractivity contribution in [2.75, 3.05) is 38.6 Å². The second-order valence-electron chi connectivity index (χ2n) is 9.65. The van der Waals surface area contributed by atoms with Crippen LogP contribution in [-0.2, 0) is 24.0 Å². The van der Waals surface area contributed by atoms with E-state index in [1.165, 1.54) is 18.2 Å². The van der Waals surface area contributed by atoms with Gasteiger partial charge in [-0.15, -0.1) is 0 Å². The molecule has 0 bridgehead atoms. The molecule has 248 valence electrons. The molecule has 17 heteroatoms. The van der Waals surface area contributed by atoms with Crippen LogP contribution in [0.25, 0.3) is 10.9 Å². The molecule has 15 nitrogen and oxygen atoms in total. The number of carbonyl (C=O) groups is 5. The monoisotopic (exact) mass is 666 g/mol. The Bertz CT molecular complexity index is 1500. The highest BCUT2D eigenvalue weighted by Crippen LogP contribution is 2.28. The number of β-amino-alcohol motifs (C(OH)–C–C–N with tert-alkyl or cyclic N) is 1. The summed E-state index contributed by atoms with van der Waals surface area (Å²) in [5, 5.41) is 47.6. The van der Waals surface area contributed by atoms with Crippen LogP contribution in [0.1, 0.15) is 24.5 Å². The third-order valence-corrected chi connectivity index (χ3v) is 6.81. The summed E-state index contributed by atoms with van der Waals surface area (Å²) < 4.78 is 18.7. The van der Waals surface area contributed by atoms with Crippen molar-refractivity contribution in [1.29, 1.82) is 0 Å². The van der Waals surface area contributed by atoms with E-state index < -0.39 is 35.8 Å². The first-order valence-electron chi connectivity index (χ1n) is 13.5. The number of nitrogens with one attached hydrogen (secondary N) is 2. The number of hydrogen-bond acceptors (Lipinski definition) is 10. The molecule has 46 heavy (non-hydrogen) atoms. The molecule has 3 aromatic rings. The molecule has 4 rings (SSSR count). The van der Waals surface area contributed by atoms with Gasteiger partial charge in [-0.25, -0.2) is 23.6 Å². The molecule has 0 radical (unpaired) electrons. The summed E-state index contributed by atoms with van der Waals surface area (Å²) >= 11 is 6.00. The molecular formula is C29H32ClFN4O11. The lowest BCUT2D eigenvalue weighted by Gasteiger charge is -2.33. The van der Waals surface area contributed by atoms with E-state index >= 15 is 0 Å². The van der Waals surface area contributed by atoms with Gasteiger partial charge in [0.2, 0.25) is 5.91 Å². The number of halogens is 2. The van der Waals surface area contributed by atoms with E-state index in [1.807, 2.05) is 24.3 Å². The highest BCUT2D eigenvalue weighted by atomic mass is 35.5. The van der Waals surface area contributed by atoms with Crippen molar-refractivity contribution in [3.63, 3.8) is 0 Å². The van der Waals surface area contributed by atoms with Crippen LogP contribution in [0.15, 0.2) is 48.7 Å². The van der Waals surface area contributed by atoms with Crippen LogP contribution >= 0.6 is 11.6 Å². The standard InChI is InChI=1S/C25H28ClFN4O3.2C2H2O4/c1-34-18-3-5-22-20(13-18)19(6-9-28-22)24(32)15-31-10-7-17(8-11-31)29-14-25(33)30-23-12-16(27)2-4-21(23)26;2*3-1(4)2(5)6/h2-6,9,12-13,17,24,29,32H,7-8,10-11,14-15H2,1H3,(H,30,33);2*(H,3,4)(H,5,6)/t24-;;/m0../s1. The van der Waals surface area contributed by atoms with Gasteiger partial charge in [0.05, 0.1) is 36.0 Å². The molecule has 0 spiro atoms. The van der Waals surface area contributed by atoms with Crippen LogP contribution in [0.4, 0.5) is 10.1 Å². The Morgan fingerprint density at radius 3 is 2.15 bits per heavy atom. The van der Waals surface area contributed by atoms with Crippen molar-refractivity contribution < 1.29 is 58.6 Å². The molecule has 0 unspecified atom stereocenters. The summed E-state index contributed by atoms with van der Waals surface area (Å²) in [7, 11) is 1.62. The van der Waals surface area contributed by atoms with Crippen LogP contribution in [-0.4, -0.2) is 105 Å². The van der Waals surface area contributed by atoms with E-state index in [0.717, 1.165) is 48.1 Å². The summed E-state index contributed by atoms with van der Waals surface area (Å²) in [5.41, 5.74) is 1.91. The van der Waals surface area contributed by atoms with E-state index in [4.69, 9.17) is 55.9 Å². The number of carbonyl (C=O) groups excluding carboxylic acids is 1. The minimum absolute atomic E-state index is 0.116. The summed E-state index contributed by atoms with van der Waals surface area (Å²) in [6, 6.07) is 11.5. The van der Waals surface area contributed by atoms with Crippen molar-refractivity contribution in [2.24, 2.45) is 0 Å². The molecule has 1 aromatic heterocycles. The predicted molar refractivity (Wildman–Crippen MR) is 161 cm³/mol. The van der Waals surface area contributed by atoms with Gasteiger partial charge in [-0.1, -0.05) is 11.6 Å². The molecule has 7 N–H and O–H groups in total. The Morgan fingerprint density at radius 1 is 0.978 bits per heavy atom. The van der Waals surface area contributed by atoms with E-state index in [9.17, 15) is 14.3 Å². The van der Waals surface area contributed by atoms with Gasteiger partial charge in [-0.2, -0.15) is 0 Å². The number of amides is 1. The van der Waals surface area contributed by atoms with Gasteiger partial charge in [0.25, 0.3) is 0 Å². The number of ether oxygens (including phenoxy) is 1. The molecule has 1 saturated heterocycles. The van der Waals surface area contributed by atoms with E-state index in [2.05, 4.69) is 20.5 Å². The van der Waals surface area contributed by atoms with Crippen LogP contribution in [0.2, 0.25) is 5.02 Å². The van der Waals surface area contributed by atoms with Gasteiger partial charge >= 0.3 is 23.9 Å². The molecular weight excluding hydrogens is 635 g/mol. The highest BCUT2D eigenvalue weighted by molar-refractivity contribution is 6.33. The number of pyridine rings is 1. The van der Waals surface area contributed by atoms with E-state index in [1.54, 1.807) is 13.3 Å². The fourth-order valence-corrected chi connectivity index (χ4v) is 4.42. The summed E-state index contributed by atoms with van der Waals surface area (Å²) in [5.74, 6) is -7.30. The number of carboxylic acids is 4. The predicted octanol–water partition coefficient (Wildman–Crippen LogP) is 2.07. The number of rotatable bonds is 8. The maximum absolute atomic E-state index is 13.4. The van der Waals surface area contributed by atoms with Crippen LogP contribution in [0.5, 0.6) is 5.75 Å². The lowest BCUT2D eigenvalue weighted by atomic mass is 10.0.